The quantitative estimate of drug-likeness (QED) is 0.803. The van der Waals surface area contributed by atoms with Crippen molar-refractivity contribution in [2.75, 3.05) is 16.8 Å². The molecule has 2 N–H and O–H groups in total. The lowest BCUT2D eigenvalue weighted by Crippen LogP contribution is -2.37. The Bertz CT molecular complexity index is 697. The molecule has 25 heavy (non-hydrogen) atoms. The van der Waals surface area contributed by atoms with E-state index in [1.165, 1.54) is 30.4 Å². The maximum absolute atomic E-state index is 5.38. The van der Waals surface area contributed by atoms with Gasteiger partial charge in [-0.25, -0.2) is 4.98 Å². The van der Waals surface area contributed by atoms with Crippen molar-refractivity contribution in [2.45, 2.75) is 45.7 Å². The predicted molar refractivity (Wildman–Crippen MR) is 109 cm³/mol. The van der Waals surface area contributed by atoms with Crippen LogP contribution in [0.4, 0.5) is 11.5 Å². The molecule has 0 radical (unpaired) electrons. The lowest BCUT2D eigenvalue weighted by molar-refractivity contribution is 0.481. The van der Waals surface area contributed by atoms with Crippen LogP contribution in [0.3, 0.4) is 0 Å². The third-order valence-electron chi connectivity index (χ3n) is 4.68. The van der Waals surface area contributed by atoms with Crippen molar-refractivity contribution in [3.63, 3.8) is 0 Å². The molecule has 0 unspecified atom stereocenters. The summed E-state index contributed by atoms with van der Waals surface area (Å²) in [6.07, 6.45) is 5.67. The second-order valence-electron chi connectivity index (χ2n) is 6.74. The van der Waals surface area contributed by atoms with Crippen molar-refractivity contribution in [1.82, 2.24) is 10.3 Å². The Hall–Kier alpha value is -2.14. The number of anilines is 2. The fourth-order valence-corrected chi connectivity index (χ4v) is 3.32. The summed E-state index contributed by atoms with van der Waals surface area (Å²) in [4.78, 5) is 7.00. The number of aryl methyl sites for hydroxylation is 1. The molecular formula is C20H26N4S. The Morgan fingerprint density at radius 1 is 1.20 bits per heavy atom. The number of pyridine rings is 1. The molecule has 5 heteroatoms. The SMILES string of the molecule is Cc1ccc(CNC(=S)Nc2ccc(N3CCCC[C@H]3C)nc2)cc1. The predicted octanol–water partition coefficient (Wildman–Crippen LogP) is 4.26. The van der Waals surface area contributed by atoms with Crippen LogP contribution in [0.2, 0.25) is 0 Å². The van der Waals surface area contributed by atoms with Gasteiger partial charge in [-0.1, -0.05) is 29.8 Å². The van der Waals surface area contributed by atoms with E-state index in [4.69, 9.17) is 12.2 Å². The number of hydrogen-bond donors (Lipinski definition) is 2. The summed E-state index contributed by atoms with van der Waals surface area (Å²) in [6, 6.07) is 13.1. The molecule has 0 aliphatic carbocycles. The molecule has 1 aliphatic rings. The molecule has 1 saturated heterocycles. The molecular weight excluding hydrogens is 328 g/mol. The monoisotopic (exact) mass is 354 g/mol. The van der Waals surface area contributed by atoms with Gasteiger partial charge < -0.3 is 15.5 Å². The molecule has 0 amide bonds. The molecule has 1 aromatic heterocycles. The van der Waals surface area contributed by atoms with Gasteiger partial charge in [0.25, 0.3) is 0 Å². The lowest BCUT2D eigenvalue weighted by atomic mass is 10.0. The van der Waals surface area contributed by atoms with Gasteiger partial charge in [0.05, 0.1) is 11.9 Å². The Morgan fingerprint density at radius 3 is 2.68 bits per heavy atom. The highest BCUT2D eigenvalue weighted by Gasteiger charge is 2.19. The summed E-state index contributed by atoms with van der Waals surface area (Å²) in [5.74, 6) is 1.05. The number of thiocarbonyl (C=S) groups is 1. The van der Waals surface area contributed by atoms with Crippen LogP contribution < -0.4 is 15.5 Å². The molecule has 1 atom stereocenters. The van der Waals surface area contributed by atoms with Crippen molar-refractivity contribution in [2.24, 2.45) is 0 Å². The summed E-state index contributed by atoms with van der Waals surface area (Å²) in [7, 11) is 0. The van der Waals surface area contributed by atoms with Crippen LogP contribution in [0.1, 0.15) is 37.3 Å². The Morgan fingerprint density at radius 2 is 2.00 bits per heavy atom. The normalized spacial score (nSPS) is 17.2. The fraction of sp³-hybridized carbons (Fsp3) is 0.400. The van der Waals surface area contributed by atoms with Gasteiger partial charge >= 0.3 is 0 Å². The van der Waals surface area contributed by atoms with E-state index in [1.54, 1.807) is 0 Å². The zero-order valence-electron chi connectivity index (χ0n) is 15.0. The van der Waals surface area contributed by atoms with Crippen LogP contribution in [-0.4, -0.2) is 22.7 Å². The highest BCUT2D eigenvalue weighted by molar-refractivity contribution is 7.80. The van der Waals surface area contributed by atoms with Gasteiger partial charge in [-0.2, -0.15) is 0 Å². The number of piperidine rings is 1. The van der Waals surface area contributed by atoms with Crippen molar-refractivity contribution in [3.8, 4) is 0 Å². The zero-order valence-corrected chi connectivity index (χ0v) is 15.8. The summed E-state index contributed by atoms with van der Waals surface area (Å²) >= 11 is 5.38. The van der Waals surface area contributed by atoms with Gasteiger partial charge in [0.2, 0.25) is 0 Å². The van der Waals surface area contributed by atoms with Gasteiger partial charge in [0.1, 0.15) is 5.82 Å². The van der Waals surface area contributed by atoms with Gasteiger partial charge in [-0.15, -0.1) is 0 Å². The summed E-state index contributed by atoms with van der Waals surface area (Å²) < 4.78 is 0. The van der Waals surface area contributed by atoms with Gasteiger partial charge in [-0.3, -0.25) is 0 Å². The number of aromatic nitrogens is 1. The van der Waals surface area contributed by atoms with Crippen molar-refractivity contribution in [1.29, 1.82) is 0 Å². The molecule has 0 bridgehead atoms. The van der Waals surface area contributed by atoms with E-state index in [-0.39, 0.29) is 0 Å². The number of rotatable bonds is 4. The van der Waals surface area contributed by atoms with Crippen molar-refractivity contribution < 1.29 is 0 Å². The average molecular weight is 355 g/mol. The molecule has 2 heterocycles. The van der Waals surface area contributed by atoms with Crippen LogP contribution in [0.15, 0.2) is 42.6 Å². The van der Waals surface area contributed by atoms with Gasteiger partial charge in [-0.05, 0) is 63.0 Å². The molecule has 1 fully saturated rings. The number of nitrogens with zero attached hydrogens (tertiary/aromatic N) is 2. The van der Waals surface area contributed by atoms with Crippen LogP contribution in [0.25, 0.3) is 0 Å². The van der Waals surface area contributed by atoms with E-state index in [2.05, 4.69) is 64.7 Å². The number of nitrogens with one attached hydrogen (secondary N) is 2. The zero-order chi connectivity index (χ0) is 17.6. The Labute approximate surface area is 155 Å². The van der Waals surface area contributed by atoms with E-state index in [0.717, 1.165) is 18.1 Å². The van der Waals surface area contributed by atoms with Crippen LogP contribution >= 0.6 is 12.2 Å². The smallest absolute Gasteiger partial charge is 0.171 e. The minimum absolute atomic E-state index is 0.567. The molecule has 3 rings (SSSR count). The van der Waals surface area contributed by atoms with E-state index in [0.29, 0.717) is 17.7 Å². The van der Waals surface area contributed by atoms with E-state index < -0.39 is 0 Å². The van der Waals surface area contributed by atoms with E-state index >= 15 is 0 Å². The third kappa shape index (κ3) is 4.92. The molecule has 0 saturated carbocycles. The maximum atomic E-state index is 5.38. The van der Waals surface area contributed by atoms with E-state index in [1.807, 2.05) is 12.3 Å². The average Bonchev–Trinajstić information content (AvgIpc) is 2.62. The Balaban J connectivity index is 1.52. The summed E-state index contributed by atoms with van der Waals surface area (Å²) in [6.45, 7) is 6.17. The Kier molecular flexibility index (Phi) is 5.87. The number of benzene rings is 1. The fourth-order valence-electron chi connectivity index (χ4n) is 3.13. The van der Waals surface area contributed by atoms with Crippen molar-refractivity contribution in [3.05, 3.63) is 53.7 Å². The summed E-state index contributed by atoms with van der Waals surface area (Å²) in [5, 5.41) is 7.05. The first-order valence-corrected chi connectivity index (χ1v) is 9.36. The number of hydrogen-bond acceptors (Lipinski definition) is 3. The van der Waals surface area contributed by atoms with Gasteiger partial charge in [0, 0.05) is 19.1 Å². The lowest BCUT2D eigenvalue weighted by Gasteiger charge is -2.34. The van der Waals surface area contributed by atoms with Crippen LogP contribution in [0.5, 0.6) is 0 Å². The largest absolute Gasteiger partial charge is 0.358 e. The van der Waals surface area contributed by atoms with Crippen molar-refractivity contribution >= 4 is 28.8 Å². The molecule has 2 aromatic rings. The second-order valence-corrected chi connectivity index (χ2v) is 7.14. The summed E-state index contributed by atoms with van der Waals surface area (Å²) in [5.41, 5.74) is 3.38. The molecule has 0 spiro atoms. The van der Waals surface area contributed by atoms with Crippen LogP contribution in [-0.2, 0) is 6.54 Å². The molecule has 4 nitrogen and oxygen atoms in total. The maximum Gasteiger partial charge on any atom is 0.171 e. The third-order valence-corrected chi connectivity index (χ3v) is 4.92. The first kappa shape index (κ1) is 17.7. The first-order valence-electron chi connectivity index (χ1n) is 8.95. The standard InChI is InChI=1S/C20H26N4S/c1-15-6-8-17(9-7-15)13-22-20(25)23-18-10-11-19(21-14-18)24-12-4-3-5-16(24)2/h6-11,14,16H,3-5,12-13H2,1-2H3,(H2,22,23,25)/t16-/m1/s1. The first-order chi connectivity index (χ1) is 12.1. The molecule has 1 aromatic carbocycles. The minimum Gasteiger partial charge on any atom is -0.358 e. The highest BCUT2D eigenvalue weighted by atomic mass is 32.1. The van der Waals surface area contributed by atoms with Crippen LogP contribution in [0, 0.1) is 6.92 Å². The van der Waals surface area contributed by atoms with Gasteiger partial charge in [0.15, 0.2) is 5.11 Å². The van der Waals surface area contributed by atoms with E-state index in [9.17, 15) is 0 Å². The second kappa shape index (κ2) is 8.30. The minimum atomic E-state index is 0.567. The molecule has 1 aliphatic heterocycles. The topological polar surface area (TPSA) is 40.2 Å². The highest BCUT2D eigenvalue weighted by Crippen LogP contribution is 2.23. The molecule has 132 valence electrons.